The van der Waals surface area contributed by atoms with Gasteiger partial charge in [-0.15, -0.1) is 0 Å². The fraction of sp³-hybridized carbons (Fsp3) is 0.575. The summed E-state index contributed by atoms with van der Waals surface area (Å²) in [6, 6.07) is -2.67. The lowest BCUT2D eigenvalue weighted by atomic mass is 10.0. The highest BCUT2D eigenvalue weighted by molar-refractivity contribution is 6.00. The number of carboxylic acids is 1. The number of imidazole rings is 1. The molecular weight excluding hydrogens is 1510 g/mol. The number of aromatic hydroxyl groups is 1. The minimum absolute atomic E-state index is 0.0199. The molecule has 14 amide bonds. The molecular formula is C80H117N19O18. The zero-order chi connectivity index (χ0) is 85.3. The highest BCUT2D eigenvalue weighted by Gasteiger charge is 2.41. The number of phenolic OH excluding ortho intramolecular Hbond substituents is 1. The molecule has 10 atom stereocenters. The lowest BCUT2D eigenvalue weighted by Crippen LogP contribution is -2.60. The number of carboxylic acid groups (broad SMARTS) is 1. The number of H-pyrrole nitrogens is 3. The zero-order valence-electron chi connectivity index (χ0n) is 67.4. The van der Waals surface area contributed by atoms with Crippen molar-refractivity contribution in [1.29, 1.82) is 0 Å². The molecule has 1 unspecified atom stereocenters. The number of nitrogens with zero attached hydrogens (tertiary/aromatic N) is 2. The Kier molecular flexibility index (Phi) is 37.0. The maximum atomic E-state index is 14.8. The Morgan fingerprint density at radius 2 is 1.09 bits per heavy atom. The van der Waals surface area contributed by atoms with Crippen LogP contribution < -0.4 is 75.3 Å². The predicted octanol–water partition coefficient (Wildman–Crippen LogP) is 1.17. The summed E-state index contributed by atoms with van der Waals surface area (Å²) in [5, 5.41) is 52.8. The predicted molar refractivity (Wildman–Crippen MR) is 430 cm³/mol. The second-order valence-electron chi connectivity index (χ2n) is 31.0. The monoisotopic (exact) mass is 1630 g/mol. The number of urea groups is 1. The van der Waals surface area contributed by atoms with Crippen molar-refractivity contribution in [2.45, 2.75) is 237 Å². The highest BCUT2D eigenvalue weighted by Crippen LogP contribution is 2.26. The fourth-order valence-corrected chi connectivity index (χ4v) is 14.1. The second-order valence-corrected chi connectivity index (χ2v) is 31.0. The van der Waals surface area contributed by atoms with E-state index < -0.39 is 194 Å². The van der Waals surface area contributed by atoms with Gasteiger partial charge in [0.2, 0.25) is 70.9 Å². The van der Waals surface area contributed by atoms with Crippen LogP contribution in [0.1, 0.15) is 174 Å². The first-order chi connectivity index (χ1) is 55.9. The maximum Gasteiger partial charge on any atom is 0.329 e. The molecule has 2 aliphatic heterocycles. The Morgan fingerprint density at radius 1 is 0.556 bits per heavy atom. The van der Waals surface area contributed by atoms with Gasteiger partial charge in [0, 0.05) is 78.4 Å². The van der Waals surface area contributed by atoms with Gasteiger partial charge in [-0.1, -0.05) is 111 Å². The summed E-state index contributed by atoms with van der Waals surface area (Å²) in [4.78, 5) is 226. The van der Waals surface area contributed by atoms with Gasteiger partial charge in [0.1, 0.15) is 66.2 Å². The number of benzene rings is 2. The van der Waals surface area contributed by atoms with Crippen molar-refractivity contribution in [2.24, 2.45) is 29.2 Å². The first-order valence-corrected chi connectivity index (χ1v) is 40.4. The molecule has 2 fully saturated rings. The van der Waals surface area contributed by atoms with Gasteiger partial charge in [0.05, 0.1) is 38.8 Å². The summed E-state index contributed by atoms with van der Waals surface area (Å²) < 4.78 is 5.96. The van der Waals surface area contributed by atoms with Crippen molar-refractivity contribution in [3.63, 3.8) is 0 Å². The first kappa shape index (κ1) is 92.5. The van der Waals surface area contributed by atoms with Gasteiger partial charge < -0.3 is 110 Å². The molecule has 37 nitrogen and oxygen atoms in total. The minimum atomic E-state index is -1.90. The van der Waals surface area contributed by atoms with E-state index in [1.807, 2.05) is 0 Å². The number of ether oxygens (including phenoxy) is 1. The van der Waals surface area contributed by atoms with E-state index in [4.69, 9.17) is 16.2 Å². The molecule has 2 aliphatic rings. The molecule has 0 saturated carbocycles. The molecule has 21 N–H and O–H groups in total. The molecule has 2 aromatic carbocycles. The number of para-hydroxylation sites is 1. The molecule has 3 aromatic heterocycles. The van der Waals surface area contributed by atoms with E-state index in [0.29, 0.717) is 63.8 Å². The minimum Gasteiger partial charge on any atom is -0.508 e. The summed E-state index contributed by atoms with van der Waals surface area (Å²) in [5.74, 6) is -14.3. The van der Waals surface area contributed by atoms with Crippen LogP contribution in [0.2, 0.25) is 0 Å². The molecule has 0 aliphatic carbocycles. The molecule has 7 rings (SSSR count). The van der Waals surface area contributed by atoms with Crippen molar-refractivity contribution in [3.8, 4) is 5.75 Å². The van der Waals surface area contributed by atoms with Crippen LogP contribution in [0, 0.1) is 17.8 Å². The lowest BCUT2D eigenvalue weighted by molar-refractivity contribution is -0.157. The number of phenols is 1. The van der Waals surface area contributed by atoms with Crippen LogP contribution in [0.5, 0.6) is 5.75 Å². The molecule has 2 saturated heterocycles. The van der Waals surface area contributed by atoms with E-state index in [-0.39, 0.29) is 83.2 Å². The van der Waals surface area contributed by atoms with Crippen LogP contribution in [0.15, 0.2) is 67.4 Å². The van der Waals surface area contributed by atoms with E-state index >= 15 is 0 Å². The molecule has 0 radical (unpaired) electrons. The Morgan fingerprint density at radius 3 is 1.69 bits per heavy atom. The van der Waals surface area contributed by atoms with Gasteiger partial charge in [-0.25, -0.2) is 14.6 Å². The summed E-state index contributed by atoms with van der Waals surface area (Å²) in [6.45, 7) is 8.39. The van der Waals surface area contributed by atoms with E-state index in [9.17, 15) is 82.1 Å². The fourth-order valence-electron chi connectivity index (χ4n) is 14.1. The van der Waals surface area contributed by atoms with E-state index in [2.05, 4.69) is 97.6 Å². The average molecular weight is 1630 g/mol. The lowest BCUT2D eigenvalue weighted by Gasteiger charge is -2.32. The smallest absolute Gasteiger partial charge is 0.329 e. The van der Waals surface area contributed by atoms with Crippen molar-refractivity contribution in [1.82, 2.24) is 88.6 Å². The number of carbonyl (C=O) groups excluding carboxylic acids is 14. The highest BCUT2D eigenvalue weighted by atomic mass is 16.5. The number of aromatic nitrogens is 4. The maximum absolute atomic E-state index is 14.8. The third kappa shape index (κ3) is 30.2. The second kappa shape index (κ2) is 46.8. The van der Waals surface area contributed by atoms with Crippen LogP contribution in [-0.2, 0) is 91.1 Å². The largest absolute Gasteiger partial charge is 0.508 e. The Bertz CT molecular complexity index is 4220. The number of rotatable bonds is 28. The number of aromatic amines is 3. The Labute approximate surface area is 678 Å². The number of nitrogens with two attached hydrogens (primary N) is 2. The molecule has 37 heteroatoms. The molecule has 5 aromatic rings. The summed E-state index contributed by atoms with van der Waals surface area (Å²) >= 11 is 0. The zero-order valence-corrected chi connectivity index (χ0v) is 67.4. The standard InChI is InChI=1S/C80H117N19O18/c1-45(2)20-13-11-9-7-8-10-12-14-21-52-36-64(101)91-57(24-17-29-81)73(109)95-61(34-50-40-83-44-90-50)75(111)98-70(47(5)6)78(114)99-31-19-26-63(99)76(112)89-42-65(102)92-58(25-18-30-84-80(82)116)74(110)94-60(33-49-39-86-56-28-27-51(100)35-54(49)56)72(108)87-41-66(103)93-59(32-48-38-85-55-23-16-15-22-53(48)55)71(107)88-43-67(104)97-69(46(3)4)77(113)96-62(37-68(105)106)79(115)117-52/h15-16,22-23,27-28,35,38-40,44-47,52,57-63,69-70,85-86,100H,7-14,17-21,24-26,29-34,36-37,41-43,81H2,1-6H3,(H,83,90)(H,87,108)(H,88,107)(H,89,112)(H,91,101)(H,92,102)(H,93,103)(H,94,110)(H,95,109)(H,96,113)(H,97,104)(H,98,111)(H,105,106)(H3,82,84,116)/t52?,57-,58-,59-,60-,61-,62-,63-,69-,70-/m0/s1. The van der Waals surface area contributed by atoms with Crippen molar-refractivity contribution in [3.05, 3.63) is 84.2 Å². The number of hydrogen-bond acceptors (Lipinski definition) is 19. The number of primary amides is 1. The quantitative estimate of drug-likeness (QED) is 0.0247. The number of fused-ring (bicyclic) bond motifs is 3. The van der Waals surface area contributed by atoms with Gasteiger partial charge in [-0.2, -0.15) is 0 Å². The number of carbonyl (C=O) groups is 15. The third-order valence-corrected chi connectivity index (χ3v) is 20.5. The van der Waals surface area contributed by atoms with Gasteiger partial charge in [-0.3, -0.25) is 62.3 Å². The third-order valence-electron chi connectivity index (χ3n) is 20.5. The van der Waals surface area contributed by atoms with Gasteiger partial charge >= 0.3 is 18.0 Å². The topological polar surface area (TPSA) is 566 Å². The number of nitrogens with one attached hydrogen (secondary N) is 15. The number of hydrogen-bond donors (Lipinski definition) is 19. The van der Waals surface area contributed by atoms with Crippen LogP contribution in [0.25, 0.3) is 21.8 Å². The number of cyclic esters (lactones) is 1. The van der Waals surface area contributed by atoms with Crippen molar-refractivity contribution < 1.29 is 86.9 Å². The molecule has 117 heavy (non-hydrogen) atoms. The van der Waals surface area contributed by atoms with Crippen LogP contribution >= 0.6 is 0 Å². The molecule has 640 valence electrons. The summed E-state index contributed by atoms with van der Waals surface area (Å²) in [7, 11) is 0. The van der Waals surface area contributed by atoms with Gasteiger partial charge in [0.15, 0.2) is 0 Å². The number of amides is 14. The molecule has 5 heterocycles. The molecule has 0 bridgehead atoms. The van der Waals surface area contributed by atoms with Gasteiger partial charge in [0.25, 0.3) is 0 Å². The SMILES string of the molecule is CC(C)CCCCCCCCCCC1CC(=O)N[C@@H](CCCN)C(=O)N[C@@H](Cc2cnc[nH]2)C(=O)N[C@@H](C(C)C)C(=O)N2CCC[C@H]2C(=O)NCC(=O)N[C@@H](CCCNC(N)=O)C(=O)N[C@@H](Cc2c[nH]c3ccc(O)cc23)C(=O)NCC(=O)N[C@@H](Cc2c[nH]c3ccccc23)C(=O)NCC(=O)N[C@@H](C(C)C)C(=O)N[C@@H](CC(=O)O)C(=O)O1. The van der Waals surface area contributed by atoms with Gasteiger partial charge in [-0.05, 0) is 111 Å². The average Bonchev–Trinajstić information content (AvgIpc) is 1.74. The van der Waals surface area contributed by atoms with Crippen LogP contribution in [0.3, 0.4) is 0 Å². The van der Waals surface area contributed by atoms with E-state index in [0.717, 1.165) is 44.9 Å². The number of esters is 1. The van der Waals surface area contributed by atoms with Crippen LogP contribution in [0.4, 0.5) is 4.79 Å². The number of aliphatic carboxylic acids is 1. The summed E-state index contributed by atoms with van der Waals surface area (Å²) in [6.07, 6.45) is 11.0. The Balaban J connectivity index is 1.21. The van der Waals surface area contributed by atoms with Crippen LogP contribution in [-0.4, -0.2) is 224 Å². The Hall–Kier alpha value is -11.7. The van der Waals surface area contributed by atoms with Crippen molar-refractivity contribution in [2.75, 3.05) is 39.3 Å². The molecule has 0 spiro atoms. The van der Waals surface area contributed by atoms with E-state index in [1.165, 1.54) is 35.8 Å². The summed E-state index contributed by atoms with van der Waals surface area (Å²) in [5.41, 5.74) is 13.8. The number of unbranched alkanes of at least 4 members (excludes halogenated alkanes) is 7. The van der Waals surface area contributed by atoms with Crippen molar-refractivity contribution >= 4 is 111 Å². The first-order valence-electron chi connectivity index (χ1n) is 40.4. The normalized spacial score (nSPS) is 22.5. The van der Waals surface area contributed by atoms with E-state index in [1.54, 1.807) is 64.2 Å².